The minimum absolute atomic E-state index is 0.796. The van der Waals surface area contributed by atoms with Crippen LogP contribution in [-0.4, -0.2) is 17.0 Å². The first kappa shape index (κ1) is 4.47. The minimum atomic E-state index is 0.796. The molecule has 0 amide bonds. The summed E-state index contributed by atoms with van der Waals surface area (Å²) in [5.74, 6) is 0. The molecule has 1 nitrogen and oxygen atoms in total. The van der Waals surface area contributed by atoms with Crippen molar-refractivity contribution < 1.29 is 0 Å². The normalized spacial score (nSPS) is 43.0. The SMILES string of the molecule is CC1SC1CN. The molecule has 0 spiro atoms. The summed E-state index contributed by atoms with van der Waals surface area (Å²) in [6, 6.07) is 0. The second-order valence-electron chi connectivity index (χ2n) is 1.62. The molecule has 0 radical (unpaired) electrons. The summed E-state index contributed by atoms with van der Waals surface area (Å²) in [5.41, 5.74) is 5.30. The van der Waals surface area contributed by atoms with Crippen molar-refractivity contribution in [1.82, 2.24) is 0 Å². The highest BCUT2D eigenvalue weighted by Gasteiger charge is 2.31. The van der Waals surface area contributed by atoms with Crippen molar-refractivity contribution in [3.05, 3.63) is 0 Å². The zero-order valence-corrected chi connectivity index (χ0v) is 4.66. The van der Waals surface area contributed by atoms with Crippen LogP contribution >= 0.6 is 11.8 Å². The van der Waals surface area contributed by atoms with Crippen molar-refractivity contribution in [2.45, 2.75) is 17.4 Å². The summed E-state index contributed by atoms with van der Waals surface area (Å²) in [6.45, 7) is 3.08. The van der Waals surface area contributed by atoms with Crippen molar-refractivity contribution in [1.29, 1.82) is 0 Å². The molecule has 36 valence electrons. The Labute approximate surface area is 42.3 Å². The number of nitrogens with two attached hydrogens (primary N) is 1. The molecule has 2 N–H and O–H groups in total. The Kier molecular flexibility index (Phi) is 1.06. The van der Waals surface area contributed by atoms with Crippen LogP contribution in [0.15, 0.2) is 0 Å². The van der Waals surface area contributed by atoms with Gasteiger partial charge in [0.25, 0.3) is 0 Å². The molecule has 1 aliphatic heterocycles. The van der Waals surface area contributed by atoms with Gasteiger partial charge in [-0.2, -0.15) is 11.8 Å². The van der Waals surface area contributed by atoms with E-state index in [-0.39, 0.29) is 0 Å². The molecule has 1 saturated heterocycles. The molecule has 0 aromatic heterocycles. The Morgan fingerprint density at radius 2 is 2.33 bits per heavy atom. The summed E-state index contributed by atoms with van der Waals surface area (Å²) in [7, 11) is 0. The van der Waals surface area contributed by atoms with Gasteiger partial charge in [-0.25, -0.2) is 0 Å². The molecule has 0 bridgehead atoms. The van der Waals surface area contributed by atoms with Crippen LogP contribution in [-0.2, 0) is 0 Å². The van der Waals surface area contributed by atoms with E-state index in [4.69, 9.17) is 5.73 Å². The molecule has 0 aliphatic carbocycles. The Bertz CT molecular complexity index is 53.5. The molecule has 1 heterocycles. The number of hydrogen-bond acceptors (Lipinski definition) is 2. The van der Waals surface area contributed by atoms with Gasteiger partial charge in [-0.05, 0) is 0 Å². The lowest BCUT2D eigenvalue weighted by Gasteiger charge is -1.77. The predicted molar refractivity (Wildman–Crippen MR) is 29.9 cm³/mol. The van der Waals surface area contributed by atoms with Gasteiger partial charge in [0.2, 0.25) is 0 Å². The minimum Gasteiger partial charge on any atom is -0.329 e. The highest BCUT2D eigenvalue weighted by Crippen LogP contribution is 2.39. The van der Waals surface area contributed by atoms with Crippen LogP contribution in [0.3, 0.4) is 0 Å². The molecule has 1 rings (SSSR count). The summed E-state index contributed by atoms with van der Waals surface area (Å²) in [6.07, 6.45) is 0. The second kappa shape index (κ2) is 1.43. The fourth-order valence-electron chi connectivity index (χ4n) is 0.478. The molecule has 1 aliphatic rings. The fraction of sp³-hybridized carbons (Fsp3) is 1.00. The molecule has 0 aromatic carbocycles. The van der Waals surface area contributed by atoms with Crippen LogP contribution in [0.4, 0.5) is 0 Å². The summed E-state index contributed by atoms with van der Waals surface area (Å²) < 4.78 is 0. The molecule has 2 atom stereocenters. The molecule has 2 unspecified atom stereocenters. The summed E-state index contributed by atoms with van der Waals surface area (Å²) in [5, 5.41) is 1.65. The Morgan fingerprint density at radius 1 is 1.83 bits per heavy atom. The first-order chi connectivity index (χ1) is 2.84. The van der Waals surface area contributed by atoms with Crippen molar-refractivity contribution >= 4 is 11.8 Å². The molecule has 6 heavy (non-hydrogen) atoms. The van der Waals surface area contributed by atoms with E-state index in [1.54, 1.807) is 0 Å². The predicted octanol–water partition coefficient (Wildman–Crippen LogP) is 0.449. The van der Waals surface area contributed by atoms with Crippen LogP contribution in [0.1, 0.15) is 6.92 Å². The van der Waals surface area contributed by atoms with Gasteiger partial charge in [0.15, 0.2) is 0 Å². The van der Waals surface area contributed by atoms with Gasteiger partial charge in [-0.1, -0.05) is 6.92 Å². The number of thioether (sulfide) groups is 1. The molecule has 0 saturated carbocycles. The van der Waals surface area contributed by atoms with E-state index in [0.717, 1.165) is 17.0 Å². The zero-order valence-electron chi connectivity index (χ0n) is 3.85. The largest absolute Gasteiger partial charge is 0.329 e. The quantitative estimate of drug-likeness (QED) is 0.488. The van der Waals surface area contributed by atoms with E-state index in [0.29, 0.717) is 0 Å². The Hall–Kier alpha value is 0.310. The average Bonchev–Trinajstić information content (AvgIpc) is 2.19. The first-order valence-corrected chi connectivity index (χ1v) is 3.14. The Morgan fingerprint density at radius 3 is 2.33 bits per heavy atom. The molecular weight excluding hydrogens is 94.1 g/mol. The Balaban J connectivity index is 2.09. The maximum Gasteiger partial charge on any atom is 0.0289 e. The van der Waals surface area contributed by atoms with Gasteiger partial charge in [-0.3, -0.25) is 0 Å². The monoisotopic (exact) mass is 103 g/mol. The van der Waals surface area contributed by atoms with Crippen LogP contribution in [0, 0.1) is 0 Å². The van der Waals surface area contributed by atoms with E-state index in [1.165, 1.54) is 0 Å². The topological polar surface area (TPSA) is 26.0 Å². The van der Waals surface area contributed by atoms with Gasteiger partial charge < -0.3 is 5.73 Å². The van der Waals surface area contributed by atoms with Crippen LogP contribution in [0.5, 0.6) is 0 Å². The third kappa shape index (κ3) is 0.684. The van der Waals surface area contributed by atoms with E-state index < -0.39 is 0 Å². The lowest BCUT2D eigenvalue weighted by molar-refractivity contribution is 0.933. The third-order valence-electron chi connectivity index (χ3n) is 1.07. The van der Waals surface area contributed by atoms with Crippen molar-refractivity contribution in [3.8, 4) is 0 Å². The van der Waals surface area contributed by atoms with Gasteiger partial charge in [0.1, 0.15) is 0 Å². The highest BCUT2D eigenvalue weighted by atomic mass is 32.2. The number of rotatable bonds is 1. The average molecular weight is 103 g/mol. The van der Waals surface area contributed by atoms with Crippen molar-refractivity contribution in [2.75, 3.05) is 6.54 Å². The number of hydrogen-bond donors (Lipinski definition) is 1. The molecule has 2 heteroatoms. The van der Waals surface area contributed by atoms with Gasteiger partial charge in [0, 0.05) is 17.0 Å². The van der Waals surface area contributed by atoms with E-state index in [2.05, 4.69) is 6.92 Å². The lowest BCUT2D eigenvalue weighted by atomic mass is 10.3. The van der Waals surface area contributed by atoms with Gasteiger partial charge >= 0.3 is 0 Å². The third-order valence-corrected chi connectivity index (χ3v) is 2.46. The molecular formula is C4H9NS. The first-order valence-electron chi connectivity index (χ1n) is 2.20. The van der Waals surface area contributed by atoms with Crippen LogP contribution in [0.25, 0.3) is 0 Å². The van der Waals surface area contributed by atoms with E-state index >= 15 is 0 Å². The zero-order chi connectivity index (χ0) is 4.57. The van der Waals surface area contributed by atoms with E-state index in [9.17, 15) is 0 Å². The highest BCUT2D eigenvalue weighted by molar-refractivity contribution is 8.07. The van der Waals surface area contributed by atoms with Gasteiger partial charge in [-0.15, -0.1) is 0 Å². The van der Waals surface area contributed by atoms with Crippen molar-refractivity contribution in [2.24, 2.45) is 5.73 Å². The standard InChI is InChI=1S/C4H9NS/c1-3-4(2-5)6-3/h3-4H,2,5H2,1H3. The van der Waals surface area contributed by atoms with Crippen LogP contribution < -0.4 is 5.73 Å². The molecule has 0 aromatic rings. The van der Waals surface area contributed by atoms with Crippen molar-refractivity contribution in [3.63, 3.8) is 0 Å². The summed E-state index contributed by atoms with van der Waals surface area (Å²) >= 11 is 1.97. The maximum absolute atomic E-state index is 5.30. The lowest BCUT2D eigenvalue weighted by Crippen LogP contribution is -2.06. The summed E-state index contributed by atoms with van der Waals surface area (Å²) in [4.78, 5) is 0. The van der Waals surface area contributed by atoms with E-state index in [1.807, 2.05) is 11.8 Å². The maximum atomic E-state index is 5.30. The smallest absolute Gasteiger partial charge is 0.0289 e. The fourth-order valence-corrected chi connectivity index (χ4v) is 1.16. The van der Waals surface area contributed by atoms with Gasteiger partial charge in [0.05, 0.1) is 0 Å². The molecule has 1 fully saturated rings. The van der Waals surface area contributed by atoms with Crippen LogP contribution in [0.2, 0.25) is 0 Å². The second-order valence-corrected chi connectivity index (χ2v) is 3.24.